The van der Waals surface area contributed by atoms with Crippen molar-refractivity contribution in [3.05, 3.63) is 18.5 Å². The zero-order valence-corrected chi connectivity index (χ0v) is 11.6. The van der Waals surface area contributed by atoms with Gasteiger partial charge in [-0.25, -0.2) is 9.97 Å². The van der Waals surface area contributed by atoms with Crippen LogP contribution in [-0.2, 0) is 0 Å². The van der Waals surface area contributed by atoms with Crippen molar-refractivity contribution in [2.24, 2.45) is 11.7 Å². The minimum absolute atomic E-state index is 0.392. The molecular formula is C14H20N6. The van der Waals surface area contributed by atoms with Gasteiger partial charge in [0.15, 0.2) is 0 Å². The van der Waals surface area contributed by atoms with Crippen molar-refractivity contribution in [3.63, 3.8) is 0 Å². The van der Waals surface area contributed by atoms with Gasteiger partial charge >= 0.3 is 0 Å². The Kier molecular flexibility index (Phi) is 3.55. The molecule has 0 spiro atoms. The van der Waals surface area contributed by atoms with Crippen molar-refractivity contribution in [1.82, 2.24) is 14.9 Å². The average Bonchev–Trinajstić information content (AvgIpc) is 3.34. The van der Waals surface area contributed by atoms with E-state index in [1.54, 1.807) is 12.4 Å². The van der Waals surface area contributed by atoms with Crippen LogP contribution in [0.15, 0.2) is 18.5 Å². The zero-order chi connectivity index (χ0) is 14.0. The summed E-state index contributed by atoms with van der Waals surface area (Å²) in [4.78, 5) is 13.0. The molecule has 1 aliphatic carbocycles. The number of hydrogen-bond acceptors (Lipinski definition) is 6. The first kappa shape index (κ1) is 13.3. The standard InChI is InChI=1S/C14H20N6/c15-10-14(16,12-2-3-12)11-19-6-8-20(9-7-19)13-17-4-1-5-18-13/h1,4-5,12H,2-3,6-9,11,16H2. The molecule has 1 aromatic rings. The molecule has 6 nitrogen and oxygen atoms in total. The van der Waals surface area contributed by atoms with E-state index >= 15 is 0 Å². The van der Waals surface area contributed by atoms with Gasteiger partial charge < -0.3 is 10.6 Å². The highest BCUT2D eigenvalue weighted by atomic mass is 15.3. The van der Waals surface area contributed by atoms with Crippen LogP contribution in [-0.4, -0.2) is 53.1 Å². The third-order valence-corrected chi connectivity index (χ3v) is 4.21. The van der Waals surface area contributed by atoms with Crippen LogP contribution in [0.2, 0.25) is 0 Å². The molecule has 6 heteroatoms. The van der Waals surface area contributed by atoms with Gasteiger partial charge in [-0.15, -0.1) is 0 Å². The molecule has 0 radical (unpaired) electrons. The van der Waals surface area contributed by atoms with Crippen LogP contribution >= 0.6 is 0 Å². The molecule has 106 valence electrons. The van der Waals surface area contributed by atoms with Crippen molar-refractivity contribution in [2.45, 2.75) is 18.4 Å². The normalized spacial score (nSPS) is 23.1. The second-order valence-electron chi connectivity index (χ2n) is 5.74. The minimum atomic E-state index is -0.661. The van der Waals surface area contributed by atoms with E-state index in [0.29, 0.717) is 12.5 Å². The number of hydrogen-bond donors (Lipinski definition) is 1. The van der Waals surface area contributed by atoms with Gasteiger partial charge in [-0.1, -0.05) is 0 Å². The summed E-state index contributed by atoms with van der Waals surface area (Å²) < 4.78 is 0. The summed E-state index contributed by atoms with van der Waals surface area (Å²) in [6.07, 6.45) is 5.73. The van der Waals surface area contributed by atoms with Gasteiger partial charge in [0.05, 0.1) is 6.07 Å². The van der Waals surface area contributed by atoms with Crippen molar-refractivity contribution in [1.29, 1.82) is 5.26 Å². The molecule has 3 rings (SSSR count). The molecular weight excluding hydrogens is 252 g/mol. The fraction of sp³-hybridized carbons (Fsp3) is 0.643. The van der Waals surface area contributed by atoms with Gasteiger partial charge in [0.25, 0.3) is 0 Å². The highest BCUT2D eigenvalue weighted by molar-refractivity contribution is 5.29. The lowest BCUT2D eigenvalue weighted by atomic mass is 9.95. The Morgan fingerprint density at radius 3 is 2.45 bits per heavy atom. The fourth-order valence-corrected chi connectivity index (χ4v) is 2.78. The molecule has 2 N–H and O–H groups in total. The van der Waals surface area contributed by atoms with Gasteiger partial charge in [0, 0.05) is 45.1 Å². The predicted octanol–water partition coefficient (Wildman–Crippen LogP) is 0.230. The number of rotatable bonds is 4. The lowest BCUT2D eigenvalue weighted by Gasteiger charge is -2.37. The quantitative estimate of drug-likeness (QED) is 0.845. The van der Waals surface area contributed by atoms with Crippen molar-refractivity contribution < 1.29 is 0 Å². The third kappa shape index (κ3) is 2.74. The first-order valence-electron chi connectivity index (χ1n) is 7.16. The maximum atomic E-state index is 9.32. The second-order valence-corrected chi connectivity index (χ2v) is 5.74. The molecule has 1 unspecified atom stereocenters. The number of piperazine rings is 1. The summed E-state index contributed by atoms with van der Waals surface area (Å²) in [5, 5.41) is 9.32. The number of nitrogens with two attached hydrogens (primary N) is 1. The number of anilines is 1. The molecule has 2 aliphatic rings. The molecule has 1 atom stereocenters. The maximum Gasteiger partial charge on any atom is 0.225 e. The van der Waals surface area contributed by atoms with Crippen molar-refractivity contribution in [3.8, 4) is 6.07 Å². The van der Waals surface area contributed by atoms with Crippen LogP contribution in [0.3, 0.4) is 0 Å². The Morgan fingerprint density at radius 2 is 1.90 bits per heavy atom. The summed E-state index contributed by atoms with van der Waals surface area (Å²) in [7, 11) is 0. The number of nitriles is 1. The maximum absolute atomic E-state index is 9.32. The van der Waals surface area contributed by atoms with E-state index in [1.165, 1.54) is 0 Å². The topological polar surface area (TPSA) is 82.1 Å². The van der Waals surface area contributed by atoms with Crippen molar-refractivity contribution in [2.75, 3.05) is 37.6 Å². The second kappa shape index (κ2) is 5.35. The smallest absolute Gasteiger partial charge is 0.225 e. The van der Waals surface area contributed by atoms with E-state index in [1.807, 2.05) is 6.07 Å². The third-order valence-electron chi connectivity index (χ3n) is 4.21. The van der Waals surface area contributed by atoms with Crippen LogP contribution in [0.25, 0.3) is 0 Å². The number of aromatic nitrogens is 2. The Labute approximate surface area is 119 Å². The summed E-state index contributed by atoms with van der Waals surface area (Å²) >= 11 is 0. The molecule has 0 bridgehead atoms. The number of nitrogens with zero attached hydrogens (tertiary/aromatic N) is 5. The Balaban J connectivity index is 1.55. The van der Waals surface area contributed by atoms with Crippen LogP contribution in [0.4, 0.5) is 5.95 Å². The molecule has 0 amide bonds. The largest absolute Gasteiger partial charge is 0.338 e. The van der Waals surface area contributed by atoms with Gasteiger partial charge in [-0.3, -0.25) is 4.90 Å². The Bertz CT molecular complexity index is 486. The first-order valence-corrected chi connectivity index (χ1v) is 7.16. The van der Waals surface area contributed by atoms with E-state index in [4.69, 9.17) is 5.73 Å². The van der Waals surface area contributed by atoms with Crippen LogP contribution in [0.1, 0.15) is 12.8 Å². The summed E-state index contributed by atoms with van der Waals surface area (Å²) in [6.45, 7) is 4.27. The highest BCUT2D eigenvalue weighted by Crippen LogP contribution is 2.38. The molecule has 2 fully saturated rings. The summed E-state index contributed by atoms with van der Waals surface area (Å²) in [6, 6.07) is 4.15. The SMILES string of the molecule is N#CC(N)(CN1CCN(c2ncccn2)CC1)C1CC1. The van der Waals surface area contributed by atoms with Crippen LogP contribution < -0.4 is 10.6 Å². The fourth-order valence-electron chi connectivity index (χ4n) is 2.78. The molecule has 1 saturated carbocycles. The summed E-state index contributed by atoms with van der Waals surface area (Å²) in [5.74, 6) is 1.18. The van der Waals surface area contributed by atoms with E-state index in [0.717, 1.165) is 45.0 Å². The van der Waals surface area contributed by atoms with E-state index < -0.39 is 5.54 Å². The van der Waals surface area contributed by atoms with Crippen LogP contribution in [0, 0.1) is 17.2 Å². The molecule has 1 aromatic heterocycles. The van der Waals surface area contributed by atoms with Crippen LogP contribution in [0.5, 0.6) is 0 Å². The Morgan fingerprint density at radius 1 is 1.25 bits per heavy atom. The lowest BCUT2D eigenvalue weighted by molar-refractivity contribution is 0.210. The summed E-state index contributed by atoms with van der Waals surface area (Å²) in [5.41, 5.74) is 5.58. The monoisotopic (exact) mass is 272 g/mol. The molecule has 2 heterocycles. The Hall–Kier alpha value is -1.71. The molecule has 1 aliphatic heterocycles. The van der Waals surface area contributed by atoms with Gasteiger partial charge in [0.1, 0.15) is 5.54 Å². The minimum Gasteiger partial charge on any atom is -0.338 e. The highest BCUT2D eigenvalue weighted by Gasteiger charge is 2.44. The van der Waals surface area contributed by atoms with E-state index in [2.05, 4.69) is 25.8 Å². The van der Waals surface area contributed by atoms with Gasteiger partial charge in [0.2, 0.25) is 5.95 Å². The lowest BCUT2D eigenvalue weighted by Crippen LogP contribution is -2.56. The zero-order valence-electron chi connectivity index (χ0n) is 11.6. The first-order chi connectivity index (χ1) is 9.71. The van der Waals surface area contributed by atoms with Gasteiger partial charge in [-0.2, -0.15) is 5.26 Å². The van der Waals surface area contributed by atoms with E-state index in [9.17, 15) is 5.26 Å². The molecule has 1 saturated heterocycles. The van der Waals surface area contributed by atoms with Crippen molar-refractivity contribution >= 4 is 5.95 Å². The molecule has 20 heavy (non-hydrogen) atoms. The average molecular weight is 272 g/mol. The van der Waals surface area contributed by atoms with Gasteiger partial charge in [-0.05, 0) is 24.8 Å². The predicted molar refractivity (Wildman–Crippen MR) is 75.9 cm³/mol. The molecule has 0 aromatic carbocycles. The van der Waals surface area contributed by atoms with E-state index in [-0.39, 0.29) is 0 Å².